The van der Waals surface area contributed by atoms with E-state index in [0.29, 0.717) is 18.7 Å². The van der Waals surface area contributed by atoms with Gasteiger partial charge < -0.3 is 10.5 Å². The van der Waals surface area contributed by atoms with Crippen molar-refractivity contribution < 1.29 is 9.53 Å². The lowest BCUT2D eigenvalue weighted by Gasteiger charge is -2.11. The molecule has 0 saturated heterocycles. The molecule has 2 aromatic rings. The Morgan fingerprint density at radius 2 is 1.87 bits per heavy atom. The van der Waals surface area contributed by atoms with E-state index in [9.17, 15) is 4.79 Å². The van der Waals surface area contributed by atoms with Crippen molar-refractivity contribution in [3.05, 3.63) is 59.2 Å². The molecule has 0 heterocycles. The normalized spacial score (nSPS) is 9.43. The fourth-order valence-corrected chi connectivity index (χ4v) is 2.20. The Hall–Kier alpha value is -1.65. The summed E-state index contributed by atoms with van der Waals surface area (Å²) >= 11 is 0. The van der Waals surface area contributed by atoms with Crippen molar-refractivity contribution in [3.63, 3.8) is 0 Å². The van der Waals surface area contributed by atoms with E-state index in [1.165, 1.54) is 27.5 Å². The molecule has 0 aromatic heterocycles. The van der Waals surface area contributed by atoms with Gasteiger partial charge in [0, 0.05) is 12.1 Å². The number of hydrogen-bond acceptors (Lipinski definition) is 3. The van der Waals surface area contributed by atoms with Gasteiger partial charge in [0.05, 0.1) is 6.61 Å². The second-order valence-electron chi connectivity index (χ2n) is 5.22. The first kappa shape index (κ1) is 21.4. The molecule has 126 valence electrons. The predicted octanol–water partition coefficient (Wildman–Crippen LogP) is 4.62. The van der Waals surface area contributed by atoms with E-state index in [0.717, 1.165) is 0 Å². The van der Waals surface area contributed by atoms with Crippen LogP contribution in [0.2, 0.25) is 0 Å². The van der Waals surface area contributed by atoms with E-state index in [4.69, 9.17) is 5.73 Å². The second kappa shape index (κ2) is 10.2. The number of benzene rings is 2. The van der Waals surface area contributed by atoms with Gasteiger partial charge in [0.1, 0.15) is 0 Å². The molecule has 0 bridgehead atoms. The molecular weight excluding hydrogens is 354 g/mol. The molecule has 0 fully saturated rings. The predicted molar refractivity (Wildman–Crippen MR) is 103 cm³/mol. The molecule has 0 unspecified atom stereocenters. The van der Waals surface area contributed by atoms with Gasteiger partial charge in [-0.15, -0.1) is 17.0 Å². The number of ether oxygens (including phenoxy) is 1. The molecular formula is C19H26BrNO2. The Morgan fingerprint density at radius 3 is 2.35 bits per heavy atom. The molecule has 2 rings (SSSR count). The van der Waals surface area contributed by atoms with E-state index in [-0.39, 0.29) is 23.0 Å². The third-order valence-electron chi connectivity index (χ3n) is 3.53. The summed E-state index contributed by atoms with van der Waals surface area (Å²) in [6, 6.07) is 10.6. The van der Waals surface area contributed by atoms with Crippen molar-refractivity contribution in [3.8, 4) is 0 Å². The number of fused-ring (bicyclic) bond motifs is 1. The number of esters is 1. The van der Waals surface area contributed by atoms with Gasteiger partial charge in [-0.3, -0.25) is 0 Å². The Kier molecular flexibility index (Phi) is 9.46. The highest BCUT2D eigenvalue weighted by Gasteiger charge is 2.05. The highest BCUT2D eigenvalue weighted by Crippen LogP contribution is 2.24. The monoisotopic (exact) mass is 379 g/mol. The van der Waals surface area contributed by atoms with E-state index < -0.39 is 0 Å². The summed E-state index contributed by atoms with van der Waals surface area (Å²) in [6.45, 7) is 12.1. The summed E-state index contributed by atoms with van der Waals surface area (Å²) in [4.78, 5) is 10.4. The van der Waals surface area contributed by atoms with E-state index in [2.05, 4.69) is 55.5 Å². The molecule has 4 heteroatoms. The summed E-state index contributed by atoms with van der Waals surface area (Å²) in [7, 11) is 0. The van der Waals surface area contributed by atoms with Crippen LogP contribution in [-0.4, -0.2) is 12.6 Å². The highest BCUT2D eigenvalue weighted by atomic mass is 79.9. The van der Waals surface area contributed by atoms with Gasteiger partial charge in [0.2, 0.25) is 0 Å². The molecule has 0 atom stereocenters. The lowest BCUT2D eigenvalue weighted by atomic mass is 9.96. The van der Waals surface area contributed by atoms with Crippen LogP contribution in [-0.2, 0) is 16.1 Å². The molecule has 0 amide bonds. The number of carbonyl (C=O) groups is 1. The van der Waals surface area contributed by atoms with Gasteiger partial charge in [0.25, 0.3) is 0 Å². The van der Waals surface area contributed by atoms with Crippen molar-refractivity contribution in [2.75, 3.05) is 6.61 Å². The Balaban J connectivity index is 0.000000469. The van der Waals surface area contributed by atoms with Crippen molar-refractivity contribution >= 4 is 33.7 Å². The lowest BCUT2D eigenvalue weighted by molar-refractivity contribution is -0.138. The number of carbonyl (C=O) groups excluding carboxylic acids is 1. The third-order valence-corrected chi connectivity index (χ3v) is 3.53. The highest BCUT2D eigenvalue weighted by molar-refractivity contribution is 8.93. The molecule has 0 aliphatic heterocycles. The Morgan fingerprint density at radius 1 is 1.26 bits per heavy atom. The zero-order valence-corrected chi connectivity index (χ0v) is 16.0. The molecule has 0 spiro atoms. The van der Waals surface area contributed by atoms with Gasteiger partial charge in [-0.1, -0.05) is 36.9 Å². The molecule has 0 aliphatic carbocycles. The van der Waals surface area contributed by atoms with Crippen molar-refractivity contribution in [2.24, 2.45) is 5.73 Å². The van der Waals surface area contributed by atoms with E-state index >= 15 is 0 Å². The van der Waals surface area contributed by atoms with Crippen molar-refractivity contribution in [1.82, 2.24) is 0 Å². The van der Waals surface area contributed by atoms with Crippen LogP contribution < -0.4 is 5.73 Å². The molecule has 23 heavy (non-hydrogen) atoms. The lowest BCUT2D eigenvalue weighted by Crippen LogP contribution is -2.03. The van der Waals surface area contributed by atoms with Gasteiger partial charge in [-0.05, 0) is 55.2 Å². The van der Waals surface area contributed by atoms with Crippen LogP contribution in [0.25, 0.3) is 10.8 Å². The molecule has 3 nitrogen and oxygen atoms in total. The fraction of sp³-hybridized carbons (Fsp3) is 0.316. The molecule has 2 N–H and O–H groups in total. The van der Waals surface area contributed by atoms with Crippen LogP contribution in [0.5, 0.6) is 0 Å². The minimum Gasteiger partial charge on any atom is -0.463 e. The third kappa shape index (κ3) is 5.81. The summed E-state index contributed by atoms with van der Waals surface area (Å²) in [5.74, 6) is -0.312. The van der Waals surface area contributed by atoms with Gasteiger partial charge >= 0.3 is 5.97 Å². The molecule has 0 aliphatic rings. The zero-order valence-electron chi connectivity index (χ0n) is 14.3. The maximum absolute atomic E-state index is 10.4. The van der Waals surface area contributed by atoms with Crippen molar-refractivity contribution in [2.45, 2.75) is 34.2 Å². The van der Waals surface area contributed by atoms with Crippen molar-refractivity contribution in [1.29, 1.82) is 0 Å². The second-order valence-corrected chi connectivity index (χ2v) is 5.22. The average Bonchev–Trinajstić information content (AvgIpc) is 2.49. The SMILES string of the molecule is Br.C=C(C)C(=O)OCC.Cc1cc2ccccc2c(CN)c1C. The largest absolute Gasteiger partial charge is 0.463 e. The maximum Gasteiger partial charge on any atom is 0.333 e. The zero-order chi connectivity index (χ0) is 16.7. The average molecular weight is 380 g/mol. The molecule has 0 radical (unpaired) electrons. The standard InChI is InChI=1S/C13H15N.C6H10O2.BrH/c1-9-7-11-5-3-4-6-12(11)13(8-14)10(9)2;1-4-8-6(7)5(2)3;/h3-7H,8,14H2,1-2H3;2,4H2,1,3H3;1H. The summed E-state index contributed by atoms with van der Waals surface area (Å²) in [5.41, 5.74) is 10.2. The van der Waals surface area contributed by atoms with Crippen LogP contribution in [0, 0.1) is 13.8 Å². The van der Waals surface area contributed by atoms with Crippen LogP contribution in [0.1, 0.15) is 30.5 Å². The summed E-state index contributed by atoms with van der Waals surface area (Å²) < 4.78 is 4.56. The van der Waals surface area contributed by atoms with E-state index in [1.54, 1.807) is 13.8 Å². The van der Waals surface area contributed by atoms with Crippen LogP contribution in [0.15, 0.2) is 42.5 Å². The van der Waals surface area contributed by atoms with Gasteiger partial charge in [-0.2, -0.15) is 0 Å². The first-order chi connectivity index (χ1) is 10.4. The summed E-state index contributed by atoms with van der Waals surface area (Å²) in [5, 5.41) is 2.58. The first-order valence-electron chi connectivity index (χ1n) is 7.42. The quantitative estimate of drug-likeness (QED) is 0.625. The smallest absolute Gasteiger partial charge is 0.333 e. The minimum absolute atomic E-state index is 0. The number of nitrogens with two attached hydrogens (primary N) is 1. The number of rotatable bonds is 3. The number of aryl methyl sites for hydroxylation is 1. The van der Waals surface area contributed by atoms with Gasteiger partial charge in [0.15, 0.2) is 0 Å². The topological polar surface area (TPSA) is 52.3 Å². The van der Waals surface area contributed by atoms with Crippen LogP contribution >= 0.6 is 17.0 Å². The molecule has 0 saturated carbocycles. The maximum atomic E-state index is 10.4. The minimum atomic E-state index is -0.312. The number of hydrogen-bond donors (Lipinski definition) is 1. The van der Waals surface area contributed by atoms with E-state index in [1.807, 2.05) is 0 Å². The van der Waals surface area contributed by atoms with Crippen LogP contribution in [0.3, 0.4) is 0 Å². The first-order valence-corrected chi connectivity index (χ1v) is 7.42. The summed E-state index contributed by atoms with van der Waals surface area (Å²) in [6.07, 6.45) is 0. The Labute approximate surface area is 149 Å². The van der Waals surface area contributed by atoms with Gasteiger partial charge in [-0.25, -0.2) is 4.79 Å². The number of halogens is 1. The fourth-order valence-electron chi connectivity index (χ4n) is 2.20. The molecule has 2 aromatic carbocycles. The van der Waals surface area contributed by atoms with Crippen LogP contribution in [0.4, 0.5) is 0 Å². The Bertz CT molecular complexity index is 680.